The summed E-state index contributed by atoms with van der Waals surface area (Å²) < 4.78 is 0. The zero-order valence-electron chi connectivity index (χ0n) is 11.2. The lowest BCUT2D eigenvalue weighted by Gasteiger charge is -2.38. The molecule has 2 unspecified atom stereocenters. The Morgan fingerprint density at radius 3 is 2.85 bits per heavy atom. The van der Waals surface area contributed by atoms with E-state index in [1.165, 1.54) is 6.20 Å². The van der Waals surface area contributed by atoms with Gasteiger partial charge in [0.05, 0.1) is 11.6 Å². The summed E-state index contributed by atoms with van der Waals surface area (Å²) in [4.78, 5) is 40.5. The van der Waals surface area contributed by atoms with Crippen LogP contribution in [0.1, 0.15) is 43.1 Å². The Labute approximate surface area is 115 Å². The predicted octanol–water partition coefficient (Wildman–Crippen LogP) is 0.533. The number of carboxylic acids is 1. The Balaban J connectivity index is 2.15. The molecule has 1 saturated carbocycles. The SMILES string of the molecule is CC1(C(=O)O)CCCCC1NC(=O)c1c[nH]c(=O)cn1. The van der Waals surface area contributed by atoms with E-state index in [0.717, 1.165) is 19.0 Å². The number of nitrogens with zero attached hydrogens (tertiary/aromatic N) is 1. The van der Waals surface area contributed by atoms with Gasteiger partial charge in [0.15, 0.2) is 0 Å². The van der Waals surface area contributed by atoms with Gasteiger partial charge in [-0.05, 0) is 19.8 Å². The topological polar surface area (TPSA) is 112 Å². The van der Waals surface area contributed by atoms with Crippen molar-refractivity contribution in [3.05, 3.63) is 28.4 Å². The van der Waals surface area contributed by atoms with Gasteiger partial charge in [0.1, 0.15) is 5.69 Å². The summed E-state index contributed by atoms with van der Waals surface area (Å²) in [7, 11) is 0. The number of carbonyl (C=O) groups excluding carboxylic acids is 1. The number of amides is 1. The molecule has 7 heteroatoms. The molecular weight excluding hydrogens is 262 g/mol. The van der Waals surface area contributed by atoms with Gasteiger partial charge in [0, 0.05) is 12.2 Å². The number of nitrogens with one attached hydrogen (secondary N) is 2. The van der Waals surface area contributed by atoms with E-state index in [1.807, 2.05) is 0 Å². The molecule has 20 heavy (non-hydrogen) atoms. The monoisotopic (exact) mass is 279 g/mol. The van der Waals surface area contributed by atoms with Crippen LogP contribution in [-0.2, 0) is 4.79 Å². The van der Waals surface area contributed by atoms with Gasteiger partial charge < -0.3 is 15.4 Å². The first kappa shape index (κ1) is 14.2. The van der Waals surface area contributed by atoms with Crippen molar-refractivity contribution in [1.82, 2.24) is 15.3 Å². The van der Waals surface area contributed by atoms with Gasteiger partial charge in [-0.25, -0.2) is 4.98 Å². The highest BCUT2D eigenvalue weighted by atomic mass is 16.4. The first-order valence-corrected chi connectivity index (χ1v) is 6.52. The lowest BCUT2D eigenvalue weighted by atomic mass is 9.71. The standard InChI is InChI=1S/C13H17N3O4/c1-13(12(19)20)5-3-2-4-9(13)16-11(18)8-6-15-10(17)7-14-8/h6-7,9H,2-5H2,1H3,(H,15,17)(H,16,18)(H,19,20). The van der Waals surface area contributed by atoms with E-state index in [2.05, 4.69) is 15.3 Å². The Hall–Kier alpha value is -2.18. The minimum absolute atomic E-state index is 0.0721. The number of H-pyrrole nitrogens is 1. The number of rotatable bonds is 3. The van der Waals surface area contributed by atoms with Gasteiger partial charge in [-0.3, -0.25) is 14.4 Å². The molecule has 1 aliphatic carbocycles. The van der Waals surface area contributed by atoms with Gasteiger partial charge in [0.2, 0.25) is 0 Å². The molecule has 1 aliphatic rings. The molecule has 0 bridgehead atoms. The molecule has 2 atom stereocenters. The lowest BCUT2D eigenvalue weighted by Crippen LogP contribution is -2.52. The van der Waals surface area contributed by atoms with Crippen LogP contribution < -0.4 is 10.9 Å². The van der Waals surface area contributed by atoms with Crippen molar-refractivity contribution in [3.8, 4) is 0 Å². The van der Waals surface area contributed by atoms with Gasteiger partial charge in [0.25, 0.3) is 11.5 Å². The van der Waals surface area contributed by atoms with E-state index in [0.29, 0.717) is 12.8 Å². The van der Waals surface area contributed by atoms with E-state index in [1.54, 1.807) is 6.92 Å². The van der Waals surface area contributed by atoms with Crippen molar-refractivity contribution in [3.63, 3.8) is 0 Å². The maximum atomic E-state index is 12.0. The van der Waals surface area contributed by atoms with E-state index in [-0.39, 0.29) is 5.69 Å². The second kappa shape index (κ2) is 5.44. The molecule has 1 fully saturated rings. The van der Waals surface area contributed by atoms with Crippen molar-refractivity contribution >= 4 is 11.9 Å². The third-order valence-electron chi connectivity index (χ3n) is 3.91. The van der Waals surface area contributed by atoms with Crippen LogP contribution >= 0.6 is 0 Å². The summed E-state index contributed by atoms with van der Waals surface area (Å²) in [6.07, 6.45) is 5.12. The Morgan fingerprint density at radius 1 is 1.50 bits per heavy atom. The summed E-state index contributed by atoms with van der Waals surface area (Å²) >= 11 is 0. The number of aromatic amines is 1. The second-order valence-corrected chi connectivity index (χ2v) is 5.29. The highest BCUT2D eigenvalue weighted by Gasteiger charge is 2.44. The second-order valence-electron chi connectivity index (χ2n) is 5.29. The summed E-state index contributed by atoms with van der Waals surface area (Å²) in [5.41, 5.74) is -1.28. The van der Waals surface area contributed by atoms with Crippen LogP contribution in [0.2, 0.25) is 0 Å². The van der Waals surface area contributed by atoms with Crippen LogP contribution in [-0.4, -0.2) is 33.0 Å². The molecule has 0 saturated heterocycles. The first-order valence-electron chi connectivity index (χ1n) is 6.52. The van der Waals surface area contributed by atoms with Crippen molar-refractivity contribution in [2.75, 3.05) is 0 Å². The maximum Gasteiger partial charge on any atom is 0.311 e. The molecule has 2 rings (SSSR count). The molecule has 3 N–H and O–H groups in total. The third-order valence-corrected chi connectivity index (χ3v) is 3.91. The molecule has 0 aliphatic heterocycles. The minimum atomic E-state index is -0.962. The molecule has 0 aromatic carbocycles. The fraction of sp³-hybridized carbons (Fsp3) is 0.538. The molecule has 1 aromatic heterocycles. The normalized spacial score (nSPS) is 25.9. The zero-order valence-corrected chi connectivity index (χ0v) is 11.2. The molecule has 1 amide bonds. The fourth-order valence-electron chi connectivity index (χ4n) is 2.52. The summed E-state index contributed by atoms with van der Waals surface area (Å²) in [6.45, 7) is 1.65. The molecule has 0 radical (unpaired) electrons. The number of aromatic nitrogens is 2. The van der Waals surface area contributed by atoms with Crippen LogP contribution in [0.15, 0.2) is 17.2 Å². The Morgan fingerprint density at radius 2 is 2.25 bits per heavy atom. The van der Waals surface area contributed by atoms with Crippen molar-refractivity contribution < 1.29 is 14.7 Å². The van der Waals surface area contributed by atoms with Crippen LogP contribution in [0.25, 0.3) is 0 Å². The molecule has 1 aromatic rings. The quantitative estimate of drug-likeness (QED) is 0.747. The average molecular weight is 279 g/mol. The van der Waals surface area contributed by atoms with Crippen molar-refractivity contribution in [1.29, 1.82) is 0 Å². The van der Waals surface area contributed by atoms with E-state index >= 15 is 0 Å². The molecule has 7 nitrogen and oxygen atoms in total. The molecule has 1 heterocycles. The molecule has 108 valence electrons. The Bertz CT molecular complexity index is 563. The van der Waals surface area contributed by atoms with Crippen molar-refractivity contribution in [2.45, 2.75) is 38.6 Å². The number of aliphatic carboxylic acids is 1. The number of carbonyl (C=O) groups is 2. The average Bonchev–Trinajstić information content (AvgIpc) is 2.42. The van der Waals surface area contributed by atoms with Gasteiger partial charge in [-0.2, -0.15) is 0 Å². The fourth-order valence-corrected chi connectivity index (χ4v) is 2.52. The number of carboxylic acid groups (broad SMARTS) is 1. The van der Waals surface area contributed by atoms with Crippen LogP contribution in [0.5, 0.6) is 0 Å². The van der Waals surface area contributed by atoms with Gasteiger partial charge in [-0.15, -0.1) is 0 Å². The third kappa shape index (κ3) is 2.71. The van der Waals surface area contributed by atoms with Crippen LogP contribution in [0.4, 0.5) is 0 Å². The maximum absolute atomic E-state index is 12.0. The Kier molecular flexibility index (Phi) is 3.87. The largest absolute Gasteiger partial charge is 0.481 e. The summed E-state index contributed by atoms with van der Waals surface area (Å²) in [6, 6.07) is -0.435. The van der Waals surface area contributed by atoms with Crippen LogP contribution in [0.3, 0.4) is 0 Å². The number of hydrogen-bond donors (Lipinski definition) is 3. The highest BCUT2D eigenvalue weighted by Crippen LogP contribution is 2.36. The van der Waals surface area contributed by atoms with E-state index < -0.39 is 28.9 Å². The van der Waals surface area contributed by atoms with Crippen molar-refractivity contribution in [2.24, 2.45) is 5.41 Å². The highest BCUT2D eigenvalue weighted by molar-refractivity contribution is 5.92. The zero-order chi connectivity index (χ0) is 14.8. The summed E-state index contributed by atoms with van der Waals surface area (Å²) in [5, 5.41) is 12.1. The number of hydrogen-bond acceptors (Lipinski definition) is 4. The smallest absolute Gasteiger partial charge is 0.311 e. The summed E-state index contributed by atoms with van der Waals surface area (Å²) in [5.74, 6) is -1.38. The predicted molar refractivity (Wildman–Crippen MR) is 70.3 cm³/mol. The molecular formula is C13H17N3O4. The van der Waals surface area contributed by atoms with E-state index in [4.69, 9.17) is 0 Å². The van der Waals surface area contributed by atoms with Gasteiger partial charge in [-0.1, -0.05) is 12.8 Å². The first-order chi connectivity index (χ1) is 9.43. The minimum Gasteiger partial charge on any atom is -0.481 e. The molecule has 0 spiro atoms. The van der Waals surface area contributed by atoms with Crippen LogP contribution in [0, 0.1) is 5.41 Å². The van der Waals surface area contributed by atoms with E-state index in [9.17, 15) is 19.5 Å². The lowest BCUT2D eigenvalue weighted by molar-refractivity contribution is -0.151. The van der Waals surface area contributed by atoms with Gasteiger partial charge >= 0.3 is 5.97 Å².